The quantitative estimate of drug-likeness (QED) is 0.0532. The maximum absolute atomic E-state index is 14.2. The van der Waals surface area contributed by atoms with Crippen molar-refractivity contribution >= 4 is 66.1 Å². The topological polar surface area (TPSA) is 137 Å². The third-order valence-electron chi connectivity index (χ3n) is 11.9. The lowest BCUT2D eigenvalue weighted by Crippen LogP contribution is -2.35. The number of thioether (sulfide) groups is 1. The highest BCUT2D eigenvalue weighted by Crippen LogP contribution is 2.39. The summed E-state index contributed by atoms with van der Waals surface area (Å²) in [5.41, 5.74) is -1.51. The molecule has 332 valence electrons. The normalized spacial score (nSPS) is 18.8. The monoisotopic (exact) mass is 929 g/mol. The highest BCUT2D eigenvalue weighted by Gasteiger charge is 2.48. The van der Waals surface area contributed by atoms with Crippen molar-refractivity contribution in [2.75, 3.05) is 42.6 Å². The number of anilines is 2. The van der Waals surface area contributed by atoms with Crippen molar-refractivity contribution < 1.29 is 34.8 Å². The van der Waals surface area contributed by atoms with Gasteiger partial charge in [-0.1, -0.05) is 47.5 Å². The minimum Gasteiger partial charge on any atom is -0.384 e. The summed E-state index contributed by atoms with van der Waals surface area (Å²) in [5.74, 6) is -0.628. The van der Waals surface area contributed by atoms with Gasteiger partial charge in [0.25, 0.3) is 25.8 Å². The van der Waals surface area contributed by atoms with Gasteiger partial charge in [-0.2, -0.15) is 13.2 Å². The minimum atomic E-state index is -6.03. The first-order valence-electron chi connectivity index (χ1n) is 20.9. The summed E-state index contributed by atoms with van der Waals surface area (Å²) in [6, 6.07) is 26.4. The smallest absolute Gasteiger partial charge is 0.384 e. The van der Waals surface area contributed by atoms with Crippen molar-refractivity contribution in [1.82, 2.24) is 14.9 Å². The van der Waals surface area contributed by atoms with E-state index in [0.717, 1.165) is 74.9 Å². The highest BCUT2D eigenvalue weighted by atomic mass is 35.5. The van der Waals surface area contributed by atoms with E-state index < -0.39 is 47.1 Å². The van der Waals surface area contributed by atoms with Crippen LogP contribution in [0.2, 0.25) is 5.02 Å². The van der Waals surface area contributed by atoms with Gasteiger partial charge in [-0.15, -0.1) is 11.8 Å². The van der Waals surface area contributed by atoms with E-state index in [-0.39, 0.29) is 11.3 Å². The van der Waals surface area contributed by atoms with Crippen LogP contribution in [0, 0.1) is 0 Å². The summed E-state index contributed by atoms with van der Waals surface area (Å²) in [6.07, 6.45) is 9.30. The second-order valence-electron chi connectivity index (χ2n) is 16.0. The van der Waals surface area contributed by atoms with Crippen LogP contribution in [-0.4, -0.2) is 83.2 Å². The zero-order valence-electron chi connectivity index (χ0n) is 34.1. The molecule has 62 heavy (non-hydrogen) atoms. The van der Waals surface area contributed by atoms with E-state index in [0.29, 0.717) is 60.7 Å². The van der Waals surface area contributed by atoms with Gasteiger partial charge in [-0.3, -0.25) is 9.69 Å². The molecule has 17 heteroatoms. The number of hydrogen-bond acceptors (Lipinski definition) is 10. The molecule has 0 aromatic heterocycles. The first-order valence-corrected chi connectivity index (χ1v) is 25.2. The number of amides is 1. The summed E-state index contributed by atoms with van der Waals surface area (Å²) in [5, 5.41) is 10.5. The van der Waals surface area contributed by atoms with E-state index in [9.17, 15) is 34.8 Å². The van der Waals surface area contributed by atoms with E-state index in [2.05, 4.69) is 33.0 Å². The van der Waals surface area contributed by atoms with Crippen molar-refractivity contribution in [3.05, 3.63) is 119 Å². The zero-order chi connectivity index (χ0) is 43.9. The Morgan fingerprint density at radius 3 is 2.19 bits per heavy atom. The van der Waals surface area contributed by atoms with Crippen molar-refractivity contribution in [3.63, 3.8) is 0 Å². The zero-order valence-corrected chi connectivity index (χ0v) is 37.3. The third kappa shape index (κ3) is 11.4. The van der Waals surface area contributed by atoms with Crippen molar-refractivity contribution in [1.29, 1.82) is 0 Å². The van der Waals surface area contributed by atoms with Gasteiger partial charge < -0.3 is 16.0 Å². The average Bonchev–Trinajstić information content (AvgIpc) is 3.84. The minimum absolute atomic E-state index is 0.0252. The molecule has 2 aliphatic heterocycles. The van der Waals surface area contributed by atoms with Crippen LogP contribution in [0.4, 0.5) is 24.5 Å². The molecule has 3 aliphatic rings. The Morgan fingerprint density at radius 1 is 0.839 bits per heavy atom. The molecular formula is C45H51ClF3N5O5S3. The Labute approximate surface area is 371 Å². The van der Waals surface area contributed by atoms with Gasteiger partial charge in [0.2, 0.25) is 0 Å². The summed E-state index contributed by atoms with van der Waals surface area (Å²) in [6.45, 7) is 2.67. The lowest BCUT2D eigenvalue weighted by molar-refractivity contribution is -0.0435. The molecule has 0 spiro atoms. The van der Waals surface area contributed by atoms with Crippen molar-refractivity contribution in [2.45, 2.75) is 96.1 Å². The molecule has 1 aliphatic carbocycles. The summed E-state index contributed by atoms with van der Waals surface area (Å²) in [4.78, 5) is 14.5. The average molecular weight is 931 g/mol. The molecule has 1 amide bonds. The number of fused-ring (bicyclic) bond motifs is 2. The number of nitrogens with zero attached hydrogens (tertiary/aromatic N) is 1. The Balaban J connectivity index is 0.991. The number of nitrogens with one attached hydrogen (secondary N) is 4. The van der Waals surface area contributed by atoms with E-state index in [4.69, 9.17) is 11.6 Å². The lowest BCUT2D eigenvalue weighted by atomic mass is 9.87. The Morgan fingerprint density at radius 2 is 1.52 bits per heavy atom. The number of carbonyl (C=O) groups is 1. The number of halogens is 4. The van der Waals surface area contributed by atoms with E-state index in [1.54, 1.807) is 12.1 Å². The summed E-state index contributed by atoms with van der Waals surface area (Å²) >= 11 is 7.57. The first kappa shape index (κ1) is 45.9. The molecule has 0 radical (unpaired) electrons. The molecule has 0 saturated carbocycles. The molecule has 4 N–H and O–H groups in total. The molecule has 2 fully saturated rings. The Kier molecular flexibility index (Phi) is 15.0. The maximum atomic E-state index is 14.2. The number of carbonyl (C=O) groups excluding carboxylic acids is 1. The number of allylic oxidation sites excluding steroid dienone is 1. The number of rotatable bonds is 19. The molecule has 0 unspecified atom stereocenters. The van der Waals surface area contributed by atoms with Crippen LogP contribution < -0.4 is 20.7 Å². The van der Waals surface area contributed by atoms with Gasteiger partial charge in [-0.25, -0.2) is 21.6 Å². The largest absolute Gasteiger partial charge is 0.501 e. The SMILES string of the molecule is O=C(NS(=O)(=O)c1ccc(N[C@H](CCN2C3CCC2CC3)CSc2ccccc2)c(S(=O)(=O)C(F)(F)F)c1)c1ccc(NCCNCC2=C(c3ccc(Cl)cc3)CCCC2)cc1. The number of sulfonamides is 1. The van der Waals surface area contributed by atoms with E-state index in [1.165, 1.54) is 40.6 Å². The Hall–Kier alpha value is -4.06. The number of benzene rings is 4. The van der Waals surface area contributed by atoms with Gasteiger partial charge in [0, 0.05) is 71.2 Å². The second-order valence-corrected chi connectivity index (χ2v) is 21.1. The van der Waals surface area contributed by atoms with Gasteiger partial charge in [0.05, 0.1) is 10.6 Å². The van der Waals surface area contributed by atoms with Crippen LogP contribution in [0.5, 0.6) is 0 Å². The van der Waals surface area contributed by atoms with Crippen LogP contribution in [0.1, 0.15) is 73.7 Å². The highest BCUT2D eigenvalue weighted by molar-refractivity contribution is 7.99. The molecule has 1 atom stereocenters. The number of sulfone groups is 1. The van der Waals surface area contributed by atoms with Gasteiger partial charge >= 0.3 is 5.51 Å². The van der Waals surface area contributed by atoms with Gasteiger partial charge in [0.1, 0.15) is 4.90 Å². The molecule has 2 bridgehead atoms. The lowest BCUT2D eigenvalue weighted by Gasteiger charge is -2.27. The molecule has 7 rings (SSSR count). The predicted molar refractivity (Wildman–Crippen MR) is 241 cm³/mol. The number of hydrogen-bond donors (Lipinski definition) is 4. The van der Waals surface area contributed by atoms with Crippen molar-refractivity contribution in [3.8, 4) is 0 Å². The van der Waals surface area contributed by atoms with E-state index >= 15 is 0 Å². The molecule has 4 aromatic rings. The predicted octanol–water partition coefficient (Wildman–Crippen LogP) is 9.37. The molecule has 2 heterocycles. The Bertz CT molecular complexity index is 2420. The molecule has 10 nitrogen and oxygen atoms in total. The fraction of sp³-hybridized carbons (Fsp3) is 0.400. The fourth-order valence-electron chi connectivity index (χ4n) is 8.63. The van der Waals surface area contributed by atoms with Crippen molar-refractivity contribution in [2.24, 2.45) is 0 Å². The van der Waals surface area contributed by atoms with Gasteiger partial charge in [-0.05, 0) is 136 Å². The van der Waals surface area contributed by atoms with Crippen LogP contribution >= 0.6 is 23.4 Å². The molecule has 4 aromatic carbocycles. The maximum Gasteiger partial charge on any atom is 0.501 e. The first-order chi connectivity index (χ1) is 29.7. The van der Waals surface area contributed by atoms with Crippen LogP contribution in [0.3, 0.4) is 0 Å². The standard InChI is InChI=1S/C45H51ClF3N5O5S3/c46-34-14-10-31(11-15-34)41-9-5-4-6-33(41)29-50-25-26-51-35-16-12-32(13-17-35)44(55)53-62(58,59)40-22-23-42(43(28-40)61(56,57)45(47,48)49)52-36(30-60-39-7-2-1-3-8-39)24-27-54-37-18-19-38(54)21-20-37/h1-3,7-8,10-17,22-23,28,36-38,50-52H,4-6,9,18-21,24-27,29-30H2,(H,53,55)/t36-,37?,38?/m1/s1. The fourth-order valence-corrected chi connectivity index (χ4v) is 11.8. The summed E-state index contributed by atoms with van der Waals surface area (Å²) < 4.78 is 97.4. The van der Waals surface area contributed by atoms with Gasteiger partial charge in [0.15, 0.2) is 0 Å². The second kappa shape index (κ2) is 20.2. The van der Waals surface area contributed by atoms with Crippen LogP contribution in [0.25, 0.3) is 5.57 Å². The molecule has 2 saturated heterocycles. The van der Waals surface area contributed by atoms with E-state index in [1.807, 2.05) is 47.2 Å². The third-order valence-corrected chi connectivity index (χ3v) is 16.2. The number of alkyl halides is 3. The van der Waals surface area contributed by atoms with Crippen LogP contribution in [-0.2, 0) is 19.9 Å². The summed E-state index contributed by atoms with van der Waals surface area (Å²) in [7, 11) is -10.9. The molecular weight excluding hydrogens is 879 g/mol. The van der Waals surface area contributed by atoms with Crippen LogP contribution in [0.15, 0.2) is 117 Å².